The zero-order valence-corrected chi connectivity index (χ0v) is 12.3. The Hall–Kier alpha value is 3.83. The Balaban J connectivity index is 0. The van der Waals surface area contributed by atoms with Crippen LogP contribution >= 0.6 is 0 Å². The maximum absolute atomic E-state index is 0. The van der Waals surface area contributed by atoms with E-state index in [9.17, 15) is 0 Å². The van der Waals surface area contributed by atoms with E-state index in [0.717, 1.165) is 0 Å². The molecule has 0 aromatic carbocycles. The molecule has 0 N–H and O–H groups in total. The molecule has 0 aromatic rings. The molecule has 0 rings (SSSR count). The van der Waals surface area contributed by atoms with E-state index in [4.69, 9.17) is 0 Å². The Morgan fingerprint density at radius 3 is 0.400 bits per heavy atom. The van der Waals surface area contributed by atoms with Gasteiger partial charge in [-0.1, -0.05) is 0 Å². The summed E-state index contributed by atoms with van der Waals surface area (Å²) in [4.78, 5) is 0. The molecule has 0 nitrogen and oxygen atoms in total. The molecule has 0 fully saturated rings. The summed E-state index contributed by atoms with van der Waals surface area (Å²) < 4.78 is 0. The van der Waals surface area contributed by atoms with Crippen molar-refractivity contribution in [3.63, 3.8) is 0 Å². The normalized spacial score (nSPS) is 0. The van der Waals surface area contributed by atoms with E-state index < -0.39 is 0 Å². The van der Waals surface area contributed by atoms with Crippen LogP contribution in [-0.4, -0.2) is 0 Å². The second kappa shape index (κ2) is 24.9. The van der Waals surface area contributed by atoms with Gasteiger partial charge in [0.2, 0.25) is 0 Å². The summed E-state index contributed by atoms with van der Waals surface area (Å²) in [5.74, 6) is 0. The van der Waals surface area contributed by atoms with Crippen LogP contribution in [0.15, 0.2) is 0 Å². The van der Waals surface area contributed by atoms with Crippen molar-refractivity contribution in [1.82, 2.24) is 0 Å². The third kappa shape index (κ3) is 18.1. The minimum absolute atomic E-state index is 0. The van der Waals surface area contributed by atoms with E-state index in [1.807, 2.05) is 0 Å². The standard InChI is InChI=1S/4Au.Sc. The summed E-state index contributed by atoms with van der Waals surface area (Å²) >= 11 is 0. The predicted molar refractivity (Wildman–Crippen MR) is 0 cm³/mol. The minimum Gasteiger partial charge on any atom is 0 e. The Labute approximate surface area is 113 Å². The van der Waals surface area contributed by atoms with Crippen molar-refractivity contribution in [2.75, 3.05) is 0 Å². The first-order valence-corrected chi connectivity index (χ1v) is 0. The maximum Gasteiger partial charge on any atom is 0 e. The summed E-state index contributed by atoms with van der Waals surface area (Å²) in [6, 6.07) is 0. The van der Waals surface area contributed by atoms with Gasteiger partial charge in [-0.3, -0.25) is 0 Å². The molecule has 0 aliphatic heterocycles. The van der Waals surface area contributed by atoms with Crippen LogP contribution in [0.25, 0.3) is 0 Å². The average molecular weight is 833 g/mol. The smallest absolute Gasteiger partial charge is 0 e. The van der Waals surface area contributed by atoms with Crippen LogP contribution < -0.4 is 0 Å². The third-order valence-corrected chi connectivity index (χ3v) is 0. The first kappa shape index (κ1) is 36.9. The zero-order valence-electron chi connectivity index (χ0n) is 1.78. The SMILES string of the molecule is [Au].[Au].[Au].[Au].[Sc]. The van der Waals surface area contributed by atoms with Crippen molar-refractivity contribution in [1.29, 1.82) is 0 Å². The van der Waals surface area contributed by atoms with Crippen molar-refractivity contribution in [2.45, 2.75) is 0 Å². The molecule has 0 aromatic heterocycles. The van der Waals surface area contributed by atoms with E-state index in [0.29, 0.717) is 0 Å². The Kier molecular flexibility index (Phi) is 184. The van der Waals surface area contributed by atoms with Crippen LogP contribution in [0, 0.1) is 0 Å². The Morgan fingerprint density at radius 2 is 0.400 bits per heavy atom. The van der Waals surface area contributed by atoms with Crippen molar-refractivity contribution < 1.29 is 115 Å². The van der Waals surface area contributed by atoms with Crippen LogP contribution in [-0.2, 0) is 115 Å². The van der Waals surface area contributed by atoms with Crippen LogP contribution in [0.5, 0.6) is 0 Å². The molecule has 0 amide bonds. The predicted octanol–water partition coefficient (Wildman–Crippen LogP) is -0.0125. The van der Waals surface area contributed by atoms with Crippen molar-refractivity contribution in [3.05, 3.63) is 0 Å². The van der Waals surface area contributed by atoms with E-state index in [-0.39, 0.29) is 115 Å². The maximum atomic E-state index is 0. The number of hydrogen-bond donors (Lipinski definition) is 0. The molecule has 47 valence electrons. The van der Waals surface area contributed by atoms with Gasteiger partial charge in [0, 0.05) is 115 Å². The van der Waals surface area contributed by atoms with E-state index >= 15 is 0 Å². The zero-order chi connectivity index (χ0) is 0. The van der Waals surface area contributed by atoms with Gasteiger partial charge in [0.05, 0.1) is 0 Å². The van der Waals surface area contributed by atoms with Gasteiger partial charge in [-0.15, -0.1) is 0 Å². The number of rotatable bonds is 0. The van der Waals surface area contributed by atoms with Gasteiger partial charge in [-0.25, -0.2) is 0 Å². The van der Waals surface area contributed by atoms with Gasteiger partial charge in [-0.05, 0) is 0 Å². The van der Waals surface area contributed by atoms with E-state index in [1.54, 1.807) is 0 Å². The Morgan fingerprint density at radius 1 is 0.400 bits per heavy atom. The summed E-state index contributed by atoms with van der Waals surface area (Å²) in [6.45, 7) is 0. The van der Waals surface area contributed by atoms with Gasteiger partial charge < -0.3 is 0 Å². The van der Waals surface area contributed by atoms with E-state index in [2.05, 4.69) is 0 Å². The summed E-state index contributed by atoms with van der Waals surface area (Å²) in [5, 5.41) is 0. The van der Waals surface area contributed by atoms with Crippen LogP contribution in [0.2, 0.25) is 0 Å². The molecule has 0 spiro atoms. The molecular weight excluding hydrogens is 833 g/mol. The quantitative estimate of drug-likeness (QED) is 0.302. The third-order valence-electron chi connectivity index (χ3n) is 0. The molecule has 0 atom stereocenters. The molecule has 0 saturated heterocycles. The van der Waals surface area contributed by atoms with Gasteiger partial charge >= 0.3 is 0 Å². The summed E-state index contributed by atoms with van der Waals surface area (Å²) in [5.41, 5.74) is 0. The van der Waals surface area contributed by atoms with Gasteiger partial charge in [0.1, 0.15) is 0 Å². The largest absolute Gasteiger partial charge is 0 e. The minimum atomic E-state index is 0. The fraction of sp³-hybridized carbons (Fsp3) is 0. The second-order valence-corrected chi connectivity index (χ2v) is 0. The molecule has 5 heavy (non-hydrogen) atoms. The molecule has 0 aliphatic carbocycles. The van der Waals surface area contributed by atoms with Crippen molar-refractivity contribution >= 4 is 0 Å². The fourth-order valence-electron chi connectivity index (χ4n) is 0. The monoisotopic (exact) mass is 833 g/mol. The average Bonchev–Trinajstić information content (AvgIpc) is 0. The molecule has 0 unspecified atom stereocenters. The van der Waals surface area contributed by atoms with E-state index in [1.165, 1.54) is 0 Å². The first-order valence-electron chi connectivity index (χ1n) is 0. The fourth-order valence-corrected chi connectivity index (χ4v) is 0. The molecule has 0 aliphatic rings. The number of hydrogen-bond acceptors (Lipinski definition) is 0. The Bertz CT molecular complexity index is 3.61. The van der Waals surface area contributed by atoms with Crippen molar-refractivity contribution in [2.24, 2.45) is 0 Å². The molecule has 0 saturated carbocycles. The molecule has 0 heterocycles. The summed E-state index contributed by atoms with van der Waals surface area (Å²) in [7, 11) is 0. The first-order chi connectivity index (χ1) is 0. The second-order valence-electron chi connectivity index (χ2n) is 0. The topological polar surface area (TPSA) is 0 Å². The molecule has 5 radical (unpaired) electrons. The van der Waals surface area contributed by atoms with Crippen LogP contribution in [0.3, 0.4) is 0 Å². The van der Waals surface area contributed by atoms with Crippen LogP contribution in [0.4, 0.5) is 0 Å². The van der Waals surface area contributed by atoms with Crippen LogP contribution in [0.1, 0.15) is 0 Å². The molecule has 5 heteroatoms. The van der Waals surface area contributed by atoms with Gasteiger partial charge in [0.15, 0.2) is 0 Å². The molecule has 0 bridgehead atoms. The summed E-state index contributed by atoms with van der Waals surface area (Å²) in [6.07, 6.45) is 0. The van der Waals surface area contributed by atoms with Gasteiger partial charge in [0.25, 0.3) is 0 Å². The molecular formula is Au4Sc. The van der Waals surface area contributed by atoms with Crippen molar-refractivity contribution in [3.8, 4) is 0 Å². The van der Waals surface area contributed by atoms with Gasteiger partial charge in [-0.2, -0.15) is 0 Å².